The maximum Gasteiger partial charge on any atom is 0.0413 e. The number of benzene rings is 5. The molecule has 0 saturated heterocycles. The van der Waals surface area contributed by atoms with Crippen LogP contribution in [0.15, 0.2) is 91.0 Å². The Morgan fingerprint density at radius 2 is 1.36 bits per heavy atom. The normalized spacial score (nSPS) is 17.5. The first-order chi connectivity index (χ1) is 19.0. The van der Waals surface area contributed by atoms with Crippen LogP contribution in [0.1, 0.15) is 73.8 Å². The summed E-state index contributed by atoms with van der Waals surface area (Å²) in [5.74, 6) is 0. The van der Waals surface area contributed by atoms with Crippen LogP contribution in [0.25, 0.3) is 33.0 Å². The van der Waals surface area contributed by atoms with Gasteiger partial charge in [-0.3, -0.25) is 0 Å². The van der Waals surface area contributed by atoms with E-state index in [-0.39, 0.29) is 10.8 Å². The van der Waals surface area contributed by atoms with Crippen LogP contribution in [0.4, 0.5) is 11.4 Å². The van der Waals surface area contributed by atoms with Gasteiger partial charge in [0, 0.05) is 22.2 Å². The molecule has 0 aliphatic heterocycles. The number of fused-ring (bicyclic) bond motifs is 10. The highest BCUT2D eigenvalue weighted by atomic mass is 14.9. The Morgan fingerprint density at radius 3 is 2.21 bits per heavy atom. The van der Waals surface area contributed by atoms with Gasteiger partial charge < -0.3 is 5.32 Å². The number of aryl methyl sites for hydroxylation is 1. The van der Waals surface area contributed by atoms with Crippen molar-refractivity contribution in [1.82, 2.24) is 0 Å². The van der Waals surface area contributed by atoms with Crippen molar-refractivity contribution in [2.45, 2.75) is 63.7 Å². The van der Waals surface area contributed by atoms with Crippen molar-refractivity contribution in [3.05, 3.63) is 119 Å². The highest BCUT2D eigenvalue weighted by Gasteiger charge is 2.46. The molecule has 0 unspecified atom stereocenters. The SMILES string of the molecule is Cc1ccccc1Nc1ccc2c(c1)C1(CCCCC1)c1cc3c(cc1-2)C(C)(C)c1ccc2ccccc2c1-3. The molecule has 0 heterocycles. The molecule has 1 spiro atoms. The summed E-state index contributed by atoms with van der Waals surface area (Å²) < 4.78 is 0. The molecule has 8 rings (SSSR count). The molecule has 192 valence electrons. The summed E-state index contributed by atoms with van der Waals surface area (Å²) in [5, 5.41) is 6.47. The summed E-state index contributed by atoms with van der Waals surface area (Å²) in [6.07, 6.45) is 6.43. The lowest BCUT2D eigenvalue weighted by molar-refractivity contribution is 0.353. The largest absolute Gasteiger partial charge is 0.355 e. The minimum Gasteiger partial charge on any atom is -0.355 e. The van der Waals surface area contributed by atoms with Gasteiger partial charge >= 0.3 is 0 Å². The minimum absolute atomic E-state index is 0.0153. The first-order valence-corrected chi connectivity index (χ1v) is 14.7. The predicted molar refractivity (Wildman–Crippen MR) is 165 cm³/mol. The first kappa shape index (κ1) is 23.1. The molecule has 0 aromatic heterocycles. The molecule has 1 heteroatoms. The Balaban J connectivity index is 1.35. The van der Waals surface area contributed by atoms with Gasteiger partial charge in [-0.15, -0.1) is 0 Å². The van der Waals surface area contributed by atoms with Crippen LogP contribution in [0, 0.1) is 6.92 Å². The number of rotatable bonds is 2. The van der Waals surface area contributed by atoms with Crippen LogP contribution in [0.2, 0.25) is 0 Å². The molecule has 1 N–H and O–H groups in total. The van der Waals surface area contributed by atoms with Crippen molar-refractivity contribution in [2.75, 3.05) is 5.32 Å². The second-order valence-corrected chi connectivity index (χ2v) is 12.6. The van der Waals surface area contributed by atoms with E-state index >= 15 is 0 Å². The predicted octanol–water partition coefficient (Wildman–Crippen LogP) is 10.4. The van der Waals surface area contributed by atoms with Gasteiger partial charge in [-0.1, -0.05) is 93.8 Å². The fourth-order valence-corrected chi connectivity index (χ4v) is 8.13. The smallest absolute Gasteiger partial charge is 0.0413 e. The number of hydrogen-bond acceptors (Lipinski definition) is 1. The zero-order valence-corrected chi connectivity index (χ0v) is 23.2. The summed E-state index contributed by atoms with van der Waals surface area (Å²) in [4.78, 5) is 0. The van der Waals surface area contributed by atoms with E-state index in [2.05, 4.69) is 117 Å². The number of nitrogens with one attached hydrogen (secondary N) is 1. The highest BCUT2D eigenvalue weighted by molar-refractivity contribution is 6.03. The van der Waals surface area contributed by atoms with Gasteiger partial charge in [-0.2, -0.15) is 0 Å². The van der Waals surface area contributed by atoms with E-state index in [9.17, 15) is 0 Å². The fraction of sp³-hybridized carbons (Fsp3) is 0.263. The van der Waals surface area contributed by atoms with Crippen LogP contribution < -0.4 is 5.32 Å². The van der Waals surface area contributed by atoms with Gasteiger partial charge in [0.1, 0.15) is 0 Å². The average molecular weight is 506 g/mol. The second kappa shape index (κ2) is 8.09. The molecule has 5 aromatic rings. The van der Waals surface area contributed by atoms with Gasteiger partial charge in [0.05, 0.1) is 0 Å². The van der Waals surface area contributed by atoms with E-state index in [0.29, 0.717) is 0 Å². The molecule has 1 saturated carbocycles. The third kappa shape index (κ3) is 3.13. The second-order valence-electron chi connectivity index (χ2n) is 12.6. The van der Waals surface area contributed by atoms with Gasteiger partial charge in [-0.05, 0) is 111 Å². The number of anilines is 2. The minimum atomic E-state index is -0.0153. The van der Waals surface area contributed by atoms with Crippen molar-refractivity contribution in [3.63, 3.8) is 0 Å². The zero-order valence-electron chi connectivity index (χ0n) is 23.2. The summed E-state index contributed by atoms with van der Waals surface area (Å²) >= 11 is 0. The summed E-state index contributed by atoms with van der Waals surface area (Å²) in [6.45, 7) is 7.01. The van der Waals surface area contributed by atoms with E-state index in [1.54, 1.807) is 5.56 Å². The molecule has 0 amide bonds. The van der Waals surface area contributed by atoms with Crippen LogP contribution >= 0.6 is 0 Å². The summed E-state index contributed by atoms with van der Waals surface area (Å²) in [7, 11) is 0. The monoisotopic (exact) mass is 505 g/mol. The standard InChI is InChI=1S/C38H35N/c1-24-11-5-8-14-35(24)39-26-16-17-28-29-22-32-30(23-34(29)38(33(28)21-26)19-9-4-10-20-38)36-27-13-7-6-12-25(27)15-18-31(36)37(32,2)3/h5-8,11-18,21-23,39H,4,9-10,19-20H2,1-3H3. The van der Waals surface area contributed by atoms with E-state index in [1.807, 2.05) is 0 Å². The molecule has 0 bridgehead atoms. The summed E-state index contributed by atoms with van der Waals surface area (Å²) in [5.41, 5.74) is 15.6. The molecule has 0 radical (unpaired) electrons. The first-order valence-electron chi connectivity index (χ1n) is 14.7. The van der Waals surface area contributed by atoms with Crippen molar-refractivity contribution in [1.29, 1.82) is 0 Å². The van der Waals surface area contributed by atoms with E-state index < -0.39 is 0 Å². The third-order valence-corrected chi connectivity index (χ3v) is 10.2. The Bertz CT molecular complexity index is 1800. The van der Waals surface area contributed by atoms with Gasteiger partial charge in [0.2, 0.25) is 0 Å². The molecule has 3 aliphatic carbocycles. The molecule has 5 aromatic carbocycles. The average Bonchev–Trinajstić information content (AvgIpc) is 3.34. The van der Waals surface area contributed by atoms with Crippen molar-refractivity contribution in [2.24, 2.45) is 0 Å². The Kier molecular flexibility index (Phi) is 4.79. The van der Waals surface area contributed by atoms with Crippen molar-refractivity contribution >= 4 is 22.1 Å². The Hall–Kier alpha value is -3.84. The maximum absolute atomic E-state index is 3.74. The molecule has 0 atom stereocenters. The summed E-state index contributed by atoms with van der Waals surface area (Å²) in [6, 6.07) is 34.6. The number of para-hydroxylation sites is 1. The van der Waals surface area contributed by atoms with Gasteiger partial charge in [-0.25, -0.2) is 0 Å². The van der Waals surface area contributed by atoms with E-state index in [1.165, 1.54) is 98.8 Å². The molecule has 1 nitrogen and oxygen atoms in total. The lowest BCUT2D eigenvalue weighted by atomic mass is 9.67. The molecule has 3 aliphatic rings. The van der Waals surface area contributed by atoms with Gasteiger partial charge in [0.15, 0.2) is 0 Å². The molecule has 1 fully saturated rings. The lowest BCUT2D eigenvalue weighted by Crippen LogP contribution is -2.28. The van der Waals surface area contributed by atoms with Crippen LogP contribution in [0.3, 0.4) is 0 Å². The lowest BCUT2D eigenvalue weighted by Gasteiger charge is -2.36. The maximum atomic E-state index is 3.74. The topological polar surface area (TPSA) is 12.0 Å². The zero-order chi connectivity index (χ0) is 26.4. The van der Waals surface area contributed by atoms with Crippen molar-refractivity contribution in [3.8, 4) is 22.3 Å². The van der Waals surface area contributed by atoms with Crippen LogP contribution in [-0.4, -0.2) is 0 Å². The van der Waals surface area contributed by atoms with Crippen LogP contribution in [0.5, 0.6) is 0 Å². The molecular formula is C38H35N. The highest BCUT2D eigenvalue weighted by Crippen LogP contribution is 2.60. The van der Waals surface area contributed by atoms with Gasteiger partial charge in [0.25, 0.3) is 0 Å². The number of hydrogen-bond donors (Lipinski definition) is 1. The Morgan fingerprint density at radius 1 is 0.615 bits per heavy atom. The molecular weight excluding hydrogens is 470 g/mol. The molecule has 39 heavy (non-hydrogen) atoms. The van der Waals surface area contributed by atoms with Crippen molar-refractivity contribution < 1.29 is 0 Å². The van der Waals surface area contributed by atoms with E-state index in [4.69, 9.17) is 0 Å². The van der Waals surface area contributed by atoms with Crippen LogP contribution in [-0.2, 0) is 10.8 Å². The third-order valence-electron chi connectivity index (χ3n) is 10.2. The quantitative estimate of drug-likeness (QED) is 0.252. The Labute approximate surface area is 231 Å². The fourth-order valence-electron chi connectivity index (χ4n) is 8.13. The van der Waals surface area contributed by atoms with E-state index in [0.717, 1.165) is 0 Å².